The zero-order valence-corrected chi connectivity index (χ0v) is 21.6. The van der Waals surface area contributed by atoms with Gasteiger partial charge in [-0.2, -0.15) is 0 Å². The Kier molecular flexibility index (Phi) is 7.44. The van der Waals surface area contributed by atoms with E-state index in [-0.39, 0.29) is 29.1 Å². The number of carbonyl (C=O) groups is 2. The van der Waals surface area contributed by atoms with Crippen molar-refractivity contribution in [2.24, 2.45) is 5.92 Å². The highest BCUT2D eigenvalue weighted by atomic mass is 16.7. The quantitative estimate of drug-likeness (QED) is 0.541. The minimum Gasteiger partial charge on any atom is -0.399 e. The van der Waals surface area contributed by atoms with Gasteiger partial charge in [0.15, 0.2) is 0 Å². The van der Waals surface area contributed by atoms with Gasteiger partial charge >= 0.3 is 7.12 Å². The zero-order valence-electron chi connectivity index (χ0n) is 21.6. The fraction of sp³-hybridized carbons (Fsp3) is 0.704. The van der Waals surface area contributed by atoms with E-state index in [4.69, 9.17) is 9.31 Å². The van der Waals surface area contributed by atoms with Crippen molar-refractivity contribution in [1.82, 2.24) is 9.80 Å². The van der Waals surface area contributed by atoms with Gasteiger partial charge in [-0.25, -0.2) is 0 Å². The molecule has 0 bridgehead atoms. The average molecular weight is 468 g/mol. The molecule has 2 saturated heterocycles. The van der Waals surface area contributed by atoms with Crippen molar-refractivity contribution in [2.45, 2.75) is 96.3 Å². The molecule has 6 nitrogen and oxygen atoms in total. The van der Waals surface area contributed by atoms with E-state index in [9.17, 15) is 9.59 Å². The molecule has 1 aromatic carbocycles. The van der Waals surface area contributed by atoms with Crippen molar-refractivity contribution < 1.29 is 18.9 Å². The lowest BCUT2D eigenvalue weighted by atomic mass is 9.75. The lowest BCUT2D eigenvalue weighted by Gasteiger charge is -2.42. The Morgan fingerprint density at radius 3 is 2.18 bits per heavy atom. The van der Waals surface area contributed by atoms with E-state index in [2.05, 4.69) is 27.7 Å². The van der Waals surface area contributed by atoms with Crippen LogP contribution in [0.15, 0.2) is 24.3 Å². The molecular formula is C27H41BN2O4. The molecule has 0 spiro atoms. The molecule has 186 valence electrons. The Balaban J connectivity index is 1.58. The summed E-state index contributed by atoms with van der Waals surface area (Å²) in [7, 11) is 1.35. The predicted octanol–water partition coefficient (Wildman–Crippen LogP) is 4.02. The van der Waals surface area contributed by atoms with Crippen LogP contribution in [0.5, 0.6) is 0 Å². The smallest absolute Gasteiger partial charge is 0.399 e. The van der Waals surface area contributed by atoms with E-state index in [1.807, 2.05) is 31.3 Å². The van der Waals surface area contributed by atoms with Crippen LogP contribution in [0, 0.1) is 5.92 Å². The Labute approximate surface area is 205 Å². The third-order valence-corrected chi connectivity index (χ3v) is 8.94. The molecule has 0 aromatic heterocycles. The number of benzene rings is 1. The van der Waals surface area contributed by atoms with Gasteiger partial charge in [-0.05, 0) is 55.6 Å². The van der Waals surface area contributed by atoms with Gasteiger partial charge in [-0.1, -0.05) is 59.1 Å². The molecule has 1 aromatic rings. The van der Waals surface area contributed by atoms with Crippen molar-refractivity contribution in [3.05, 3.63) is 29.8 Å². The van der Waals surface area contributed by atoms with Gasteiger partial charge in [-0.15, -0.1) is 0 Å². The molecule has 1 atom stereocenters. The second-order valence-corrected chi connectivity index (χ2v) is 10.4. The number of rotatable bonds is 8. The van der Waals surface area contributed by atoms with Gasteiger partial charge < -0.3 is 19.1 Å². The van der Waals surface area contributed by atoms with Crippen LogP contribution in [-0.2, 0) is 14.1 Å². The highest BCUT2D eigenvalue weighted by molar-refractivity contribution is 6.62. The number of nitrogens with zero attached hydrogens (tertiary/aromatic N) is 2. The largest absolute Gasteiger partial charge is 0.494 e. The van der Waals surface area contributed by atoms with Crippen LogP contribution in [0.25, 0.3) is 0 Å². The Morgan fingerprint density at radius 2 is 1.65 bits per heavy atom. The summed E-state index contributed by atoms with van der Waals surface area (Å²) in [6, 6.07) is 7.29. The van der Waals surface area contributed by atoms with Crippen molar-refractivity contribution in [2.75, 3.05) is 20.1 Å². The van der Waals surface area contributed by atoms with Crippen LogP contribution in [0.1, 0.15) is 89.4 Å². The molecule has 3 aliphatic rings. The molecular weight excluding hydrogens is 427 g/mol. The molecule has 0 N–H and O–H groups in total. The van der Waals surface area contributed by atoms with E-state index in [0.29, 0.717) is 24.6 Å². The highest BCUT2D eigenvalue weighted by Gasteiger charge is 2.58. The van der Waals surface area contributed by atoms with Gasteiger partial charge in [0.25, 0.3) is 5.91 Å². The molecule has 34 heavy (non-hydrogen) atoms. The fourth-order valence-electron chi connectivity index (χ4n) is 6.32. The van der Waals surface area contributed by atoms with Gasteiger partial charge in [0.2, 0.25) is 5.91 Å². The Bertz CT molecular complexity index is 874. The molecule has 2 aliphatic heterocycles. The maximum atomic E-state index is 13.7. The lowest BCUT2D eigenvalue weighted by Crippen LogP contribution is -2.58. The summed E-state index contributed by atoms with van der Waals surface area (Å²) >= 11 is 0. The van der Waals surface area contributed by atoms with Crippen LogP contribution >= 0.6 is 0 Å². The van der Waals surface area contributed by atoms with Crippen LogP contribution in [0.2, 0.25) is 0 Å². The van der Waals surface area contributed by atoms with Gasteiger partial charge in [0.05, 0.1) is 11.2 Å². The molecule has 0 radical (unpaired) electrons. The first kappa shape index (κ1) is 25.2. The Morgan fingerprint density at radius 1 is 1.03 bits per heavy atom. The molecule has 7 heteroatoms. The molecule has 1 aliphatic carbocycles. The van der Waals surface area contributed by atoms with E-state index in [0.717, 1.165) is 50.4 Å². The number of carbonyl (C=O) groups excluding carboxylic acids is 2. The summed E-state index contributed by atoms with van der Waals surface area (Å²) in [6.45, 7) is 9.82. The van der Waals surface area contributed by atoms with Crippen molar-refractivity contribution in [3.63, 3.8) is 0 Å². The summed E-state index contributed by atoms with van der Waals surface area (Å²) in [5.74, 6) is 0.548. The van der Waals surface area contributed by atoms with Crippen LogP contribution in [0.4, 0.5) is 0 Å². The third-order valence-electron chi connectivity index (χ3n) is 8.94. The lowest BCUT2D eigenvalue weighted by molar-refractivity contribution is -0.139. The van der Waals surface area contributed by atoms with Crippen molar-refractivity contribution >= 4 is 24.4 Å². The maximum absolute atomic E-state index is 13.7. The monoisotopic (exact) mass is 468 g/mol. The number of hydrogen-bond acceptors (Lipinski definition) is 4. The van der Waals surface area contributed by atoms with E-state index in [1.165, 1.54) is 6.42 Å². The first-order valence-corrected chi connectivity index (χ1v) is 13.3. The standard InChI is InChI=1S/C27H41BN2O4/c1-6-26(7-2)27(8-3,9-4)34-28(33-26)22-15-11-14-21(19-22)24(31)30-17-16-29(5)25(32)23(30)18-20-12-10-13-20/h11,14-15,19-20,23H,6-10,12-13,16-18H2,1-5H3/t23-/m1/s1. The normalized spacial score (nSPS) is 24.4. The second-order valence-electron chi connectivity index (χ2n) is 10.4. The average Bonchev–Trinajstić information content (AvgIpc) is 3.19. The molecule has 3 fully saturated rings. The highest BCUT2D eigenvalue weighted by Crippen LogP contribution is 2.46. The number of amides is 2. The molecule has 4 rings (SSSR count). The zero-order chi connectivity index (χ0) is 24.5. The van der Waals surface area contributed by atoms with Crippen LogP contribution in [0.3, 0.4) is 0 Å². The molecule has 2 amide bonds. The number of piperazine rings is 1. The van der Waals surface area contributed by atoms with Gasteiger partial charge in [0.1, 0.15) is 6.04 Å². The van der Waals surface area contributed by atoms with Gasteiger partial charge in [-0.3, -0.25) is 9.59 Å². The number of hydrogen-bond donors (Lipinski definition) is 0. The first-order valence-electron chi connectivity index (χ1n) is 13.3. The first-order chi connectivity index (χ1) is 16.3. The third kappa shape index (κ3) is 4.19. The van der Waals surface area contributed by atoms with Crippen molar-refractivity contribution in [1.29, 1.82) is 0 Å². The second kappa shape index (κ2) is 10.0. The molecule has 1 saturated carbocycles. The molecule has 2 heterocycles. The van der Waals surface area contributed by atoms with Gasteiger partial charge in [0, 0.05) is 25.7 Å². The minimum absolute atomic E-state index is 0.0662. The summed E-state index contributed by atoms with van der Waals surface area (Å²) in [6.07, 6.45) is 7.85. The van der Waals surface area contributed by atoms with Crippen LogP contribution < -0.4 is 5.46 Å². The maximum Gasteiger partial charge on any atom is 0.494 e. The fourth-order valence-corrected chi connectivity index (χ4v) is 6.32. The summed E-state index contributed by atoms with van der Waals surface area (Å²) in [5.41, 5.74) is 0.805. The number of likely N-dealkylation sites (N-methyl/N-ethyl adjacent to an activating group) is 1. The summed E-state index contributed by atoms with van der Waals surface area (Å²) < 4.78 is 13.3. The van der Waals surface area contributed by atoms with E-state index >= 15 is 0 Å². The predicted molar refractivity (Wildman–Crippen MR) is 135 cm³/mol. The summed E-state index contributed by atoms with van der Waals surface area (Å²) in [5, 5.41) is 0. The van der Waals surface area contributed by atoms with E-state index in [1.54, 1.807) is 9.80 Å². The van der Waals surface area contributed by atoms with Crippen LogP contribution in [-0.4, -0.2) is 66.1 Å². The van der Waals surface area contributed by atoms with E-state index < -0.39 is 7.12 Å². The molecule has 0 unspecified atom stereocenters. The SMILES string of the molecule is CCC1(CC)OB(c2cccc(C(=O)N3CCN(C)C(=O)[C@H]3CC3CCC3)c2)OC1(CC)CC. The topological polar surface area (TPSA) is 59.1 Å². The minimum atomic E-state index is -0.493. The summed E-state index contributed by atoms with van der Waals surface area (Å²) in [4.78, 5) is 30.2. The van der Waals surface area contributed by atoms with Crippen molar-refractivity contribution in [3.8, 4) is 0 Å². The Hall–Kier alpha value is -1.86.